The molecule has 3 nitrogen and oxygen atoms in total. The fraction of sp³-hybridized carbons (Fsp3) is 0.500. The first-order valence-corrected chi connectivity index (χ1v) is 8.38. The fourth-order valence-electron chi connectivity index (χ4n) is 2.73. The van der Waals surface area contributed by atoms with E-state index in [0.717, 1.165) is 6.54 Å². The zero-order valence-corrected chi connectivity index (χ0v) is 13.4. The van der Waals surface area contributed by atoms with E-state index in [4.69, 9.17) is 0 Å². The SMILES string of the molecule is CC1CCCC(c2cncn2Cc2cc(Br)cs2)N1. The van der Waals surface area contributed by atoms with Crippen molar-refractivity contribution in [3.05, 3.63) is 39.0 Å². The molecule has 2 unspecified atom stereocenters. The van der Waals surface area contributed by atoms with Crippen molar-refractivity contribution in [1.29, 1.82) is 0 Å². The van der Waals surface area contributed by atoms with Gasteiger partial charge in [0.25, 0.3) is 0 Å². The molecule has 0 aromatic carbocycles. The van der Waals surface area contributed by atoms with Crippen LogP contribution in [0.2, 0.25) is 0 Å². The van der Waals surface area contributed by atoms with Gasteiger partial charge in [0.1, 0.15) is 0 Å². The Morgan fingerprint density at radius 1 is 1.53 bits per heavy atom. The molecule has 0 saturated carbocycles. The van der Waals surface area contributed by atoms with Crippen molar-refractivity contribution in [2.24, 2.45) is 0 Å². The van der Waals surface area contributed by atoms with Crippen LogP contribution in [-0.4, -0.2) is 15.6 Å². The number of nitrogens with one attached hydrogen (secondary N) is 1. The average molecular weight is 340 g/mol. The minimum absolute atomic E-state index is 0.453. The first-order valence-electron chi connectivity index (χ1n) is 6.71. The van der Waals surface area contributed by atoms with E-state index in [1.54, 1.807) is 11.3 Å². The van der Waals surface area contributed by atoms with Gasteiger partial charge in [-0.2, -0.15) is 0 Å². The van der Waals surface area contributed by atoms with Crippen molar-refractivity contribution in [2.45, 2.75) is 44.8 Å². The largest absolute Gasteiger partial charge is 0.328 e. The zero-order chi connectivity index (χ0) is 13.2. The standard InChI is InChI=1S/C14H18BrN3S/c1-10-3-2-4-13(17-10)14-6-16-9-18(14)7-12-5-11(15)8-19-12/h5-6,8-10,13,17H,2-4,7H2,1H3. The van der Waals surface area contributed by atoms with E-state index in [-0.39, 0.29) is 0 Å². The van der Waals surface area contributed by atoms with Crippen LogP contribution in [0.1, 0.15) is 42.8 Å². The van der Waals surface area contributed by atoms with Gasteiger partial charge < -0.3 is 9.88 Å². The predicted molar refractivity (Wildman–Crippen MR) is 82.5 cm³/mol. The van der Waals surface area contributed by atoms with Crippen molar-refractivity contribution in [2.75, 3.05) is 0 Å². The third-order valence-electron chi connectivity index (χ3n) is 3.67. The van der Waals surface area contributed by atoms with Crippen molar-refractivity contribution < 1.29 is 0 Å². The molecule has 1 aliphatic rings. The summed E-state index contributed by atoms with van der Waals surface area (Å²) in [5.41, 5.74) is 1.32. The Balaban J connectivity index is 1.78. The molecule has 2 aromatic heterocycles. The monoisotopic (exact) mass is 339 g/mol. The van der Waals surface area contributed by atoms with Crippen LogP contribution in [0.15, 0.2) is 28.4 Å². The lowest BCUT2D eigenvalue weighted by molar-refractivity contribution is 0.330. The summed E-state index contributed by atoms with van der Waals surface area (Å²) in [6.07, 6.45) is 7.75. The quantitative estimate of drug-likeness (QED) is 0.917. The van der Waals surface area contributed by atoms with Gasteiger partial charge in [0.05, 0.1) is 18.6 Å². The van der Waals surface area contributed by atoms with Crippen LogP contribution in [0.4, 0.5) is 0 Å². The molecule has 0 amide bonds. The molecule has 1 N–H and O–H groups in total. The molecule has 0 aliphatic carbocycles. The number of halogens is 1. The summed E-state index contributed by atoms with van der Waals surface area (Å²) in [5, 5.41) is 5.82. The molecule has 102 valence electrons. The third kappa shape index (κ3) is 3.09. The minimum Gasteiger partial charge on any atom is -0.328 e. The molecule has 5 heteroatoms. The van der Waals surface area contributed by atoms with Gasteiger partial charge in [0.2, 0.25) is 0 Å². The highest BCUT2D eigenvalue weighted by atomic mass is 79.9. The van der Waals surface area contributed by atoms with Gasteiger partial charge in [-0.25, -0.2) is 4.98 Å². The normalized spacial score (nSPS) is 23.7. The van der Waals surface area contributed by atoms with Crippen molar-refractivity contribution in [1.82, 2.24) is 14.9 Å². The number of aromatic nitrogens is 2. The van der Waals surface area contributed by atoms with Gasteiger partial charge >= 0.3 is 0 Å². The highest BCUT2D eigenvalue weighted by molar-refractivity contribution is 9.10. The number of nitrogens with zero attached hydrogens (tertiary/aromatic N) is 2. The molecule has 0 bridgehead atoms. The number of imidazole rings is 1. The molecule has 1 saturated heterocycles. The van der Waals surface area contributed by atoms with E-state index in [1.165, 1.54) is 34.3 Å². The van der Waals surface area contributed by atoms with Crippen LogP contribution in [-0.2, 0) is 6.54 Å². The number of piperidine rings is 1. The molecule has 3 rings (SSSR count). The Bertz CT molecular complexity index is 548. The second-order valence-corrected chi connectivity index (χ2v) is 7.14. The van der Waals surface area contributed by atoms with E-state index in [0.29, 0.717) is 12.1 Å². The summed E-state index contributed by atoms with van der Waals surface area (Å²) in [6.45, 7) is 3.18. The van der Waals surface area contributed by atoms with Gasteiger partial charge in [-0.15, -0.1) is 11.3 Å². The van der Waals surface area contributed by atoms with E-state index < -0.39 is 0 Å². The summed E-state index contributed by atoms with van der Waals surface area (Å²) >= 11 is 5.30. The van der Waals surface area contributed by atoms with E-state index in [9.17, 15) is 0 Å². The molecular formula is C14H18BrN3S. The lowest BCUT2D eigenvalue weighted by atomic mass is 9.97. The first-order chi connectivity index (χ1) is 9.22. The molecule has 1 aliphatic heterocycles. The molecular weight excluding hydrogens is 322 g/mol. The van der Waals surface area contributed by atoms with Crippen LogP contribution in [0.25, 0.3) is 0 Å². The molecule has 2 atom stereocenters. The molecule has 0 radical (unpaired) electrons. The van der Waals surface area contributed by atoms with Crippen LogP contribution < -0.4 is 5.32 Å². The van der Waals surface area contributed by atoms with Crippen LogP contribution in [0, 0.1) is 0 Å². The number of hydrogen-bond acceptors (Lipinski definition) is 3. The third-order valence-corrected chi connectivity index (χ3v) is 5.35. The minimum atomic E-state index is 0.453. The highest BCUT2D eigenvalue weighted by Crippen LogP contribution is 2.27. The molecule has 0 spiro atoms. The Morgan fingerprint density at radius 3 is 3.16 bits per heavy atom. The Labute approximate surface area is 126 Å². The van der Waals surface area contributed by atoms with E-state index in [1.807, 2.05) is 12.5 Å². The number of rotatable bonds is 3. The van der Waals surface area contributed by atoms with Gasteiger partial charge in [-0.3, -0.25) is 0 Å². The fourth-order valence-corrected chi connectivity index (χ4v) is 4.18. The Hall–Kier alpha value is -0.650. The Kier molecular flexibility index (Phi) is 4.05. The molecule has 3 heterocycles. The zero-order valence-electron chi connectivity index (χ0n) is 11.0. The summed E-state index contributed by atoms with van der Waals surface area (Å²) in [7, 11) is 0. The maximum atomic E-state index is 4.34. The average Bonchev–Trinajstić information content (AvgIpc) is 2.99. The van der Waals surface area contributed by atoms with Crippen LogP contribution in [0.5, 0.6) is 0 Å². The van der Waals surface area contributed by atoms with Gasteiger partial charge in [0, 0.05) is 33.0 Å². The van der Waals surface area contributed by atoms with Crippen molar-refractivity contribution in [3.8, 4) is 0 Å². The first kappa shape index (κ1) is 13.3. The number of hydrogen-bond donors (Lipinski definition) is 1. The van der Waals surface area contributed by atoms with Gasteiger partial charge in [-0.05, 0) is 48.2 Å². The summed E-state index contributed by atoms with van der Waals surface area (Å²) in [6, 6.07) is 3.25. The van der Waals surface area contributed by atoms with Gasteiger partial charge in [-0.1, -0.05) is 0 Å². The predicted octanol–water partition coefficient (Wildman–Crippen LogP) is 3.96. The lowest BCUT2D eigenvalue weighted by Gasteiger charge is -2.29. The van der Waals surface area contributed by atoms with E-state index >= 15 is 0 Å². The smallest absolute Gasteiger partial charge is 0.0952 e. The number of thiophene rings is 1. The highest BCUT2D eigenvalue weighted by Gasteiger charge is 2.22. The molecule has 2 aromatic rings. The second-order valence-electron chi connectivity index (χ2n) is 5.23. The van der Waals surface area contributed by atoms with E-state index in [2.05, 4.69) is 49.2 Å². The molecule has 1 fully saturated rings. The molecule has 19 heavy (non-hydrogen) atoms. The lowest BCUT2D eigenvalue weighted by Crippen LogP contribution is -2.35. The second kappa shape index (κ2) is 5.77. The summed E-state index contributed by atoms with van der Waals surface area (Å²) < 4.78 is 3.44. The summed E-state index contributed by atoms with van der Waals surface area (Å²) in [4.78, 5) is 5.70. The maximum Gasteiger partial charge on any atom is 0.0952 e. The van der Waals surface area contributed by atoms with Crippen LogP contribution >= 0.6 is 27.3 Å². The van der Waals surface area contributed by atoms with Crippen molar-refractivity contribution in [3.63, 3.8) is 0 Å². The Morgan fingerprint density at radius 2 is 2.42 bits per heavy atom. The van der Waals surface area contributed by atoms with Crippen LogP contribution in [0.3, 0.4) is 0 Å². The summed E-state index contributed by atoms with van der Waals surface area (Å²) in [5.74, 6) is 0. The maximum absolute atomic E-state index is 4.34. The topological polar surface area (TPSA) is 29.9 Å². The van der Waals surface area contributed by atoms with Gasteiger partial charge in [0.15, 0.2) is 0 Å². The van der Waals surface area contributed by atoms with Crippen molar-refractivity contribution >= 4 is 27.3 Å².